The van der Waals surface area contributed by atoms with Crippen LogP contribution < -0.4 is 10.6 Å². The number of benzene rings is 1. The minimum atomic E-state index is -0.0271. The van der Waals surface area contributed by atoms with E-state index in [1.165, 1.54) is 4.90 Å². The molecule has 0 aromatic heterocycles. The van der Waals surface area contributed by atoms with Gasteiger partial charge in [0.2, 0.25) is 5.91 Å². The van der Waals surface area contributed by atoms with Gasteiger partial charge in [-0.25, -0.2) is 0 Å². The number of hydrogen-bond acceptors (Lipinski definition) is 4. The molecule has 1 aromatic rings. The van der Waals surface area contributed by atoms with Gasteiger partial charge >= 0.3 is 0 Å². The fraction of sp³-hybridized carbons (Fsp3) is 0.500. The largest absolute Gasteiger partial charge is 0.351 e. The molecule has 1 amide bonds. The Balaban J connectivity index is 1.80. The number of carbonyl (C=O) groups excluding carboxylic acids is 1. The Labute approximate surface area is 123 Å². The third-order valence-electron chi connectivity index (χ3n) is 2.79. The molecule has 1 aliphatic heterocycles. The van der Waals surface area contributed by atoms with Crippen molar-refractivity contribution in [2.75, 3.05) is 11.6 Å². The van der Waals surface area contributed by atoms with E-state index in [2.05, 4.69) is 48.7 Å². The van der Waals surface area contributed by atoms with Crippen molar-refractivity contribution in [1.29, 1.82) is 0 Å². The molecule has 1 aromatic carbocycles. The summed E-state index contributed by atoms with van der Waals surface area (Å²) in [5, 5.41) is 6.74. The first kappa shape index (κ1) is 14.8. The van der Waals surface area contributed by atoms with Gasteiger partial charge < -0.3 is 5.32 Å². The number of carbonyl (C=O) groups is 1. The summed E-state index contributed by atoms with van der Waals surface area (Å²) in [7, 11) is 0. The van der Waals surface area contributed by atoms with Gasteiger partial charge in [-0.1, -0.05) is 26.0 Å². The maximum atomic E-state index is 11.8. The highest BCUT2D eigenvalue weighted by molar-refractivity contribution is 8.00. The molecule has 1 aliphatic rings. The first-order chi connectivity index (χ1) is 9.15. The summed E-state index contributed by atoms with van der Waals surface area (Å²) >= 11 is 3.62. The van der Waals surface area contributed by atoms with Gasteiger partial charge in [0.05, 0.1) is 6.04 Å². The second-order valence-electron chi connectivity index (χ2n) is 4.80. The second-order valence-corrected chi connectivity index (χ2v) is 7.48. The van der Waals surface area contributed by atoms with Crippen molar-refractivity contribution in [3.05, 3.63) is 29.8 Å². The van der Waals surface area contributed by atoms with E-state index < -0.39 is 0 Å². The van der Waals surface area contributed by atoms with Crippen molar-refractivity contribution in [2.45, 2.75) is 36.6 Å². The molecule has 104 valence electrons. The van der Waals surface area contributed by atoms with Gasteiger partial charge in [0.1, 0.15) is 0 Å². The molecule has 1 atom stereocenters. The third-order valence-corrected chi connectivity index (χ3v) is 4.75. The molecule has 1 heterocycles. The lowest BCUT2D eigenvalue weighted by Crippen LogP contribution is -2.41. The number of amides is 1. The van der Waals surface area contributed by atoms with Crippen LogP contribution >= 0.6 is 23.5 Å². The average molecular weight is 296 g/mol. The Morgan fingerprint density at radius 2 is 2.21 bits per heavy atom. The van der Waals surface area contributed by atoms with Gasteiger partial charge in [0, 0.05) is 28.3 Å². The smallest absolute Gasteiger partial charge is 0.238 e. The van der Waals surface area contributed by atoms with Crippen molar-refractivity contribution in [3.8, 4) is 0 Å². The van der Waals surface area contributed by atoms with E-state index >= 15 is 0 Å². The maximum Gasteiger partial charge on any atom is 0.238 e. The van der Waals surface area contributed by atoms with Crippen LogP contribution in [0.2, 0.25) is 0 Å². The monoisotopic (exact) mass is 296 g/mol. The predicted molar refractivity (Wildman–Crippen MR) is 83.5 cm³/mol. The molecule has 2 rings (SSSR count). The van der Waals surface area contributed by atoms with Crippen LogP contribution in [0.15, 0.2) is 29.2 Å². The van der Waals surface area contributed by atoms with Crippen LogP contribution in [0, 0.1) is 0 Å². The highest BCUT2D eigenvalue weighted by Crippen LogP contribution is 2.22. The molecule has 0 bridgehead atoms. The Bertz CT molecular complexity index is 414. The molecule has 2 N–H and O–H groups in total. The first-order valence-corrected chi connectivity index (χ1v) is 8.53. The molecule has 0 spiro atoms. The molecule has 3 nitrogen and oxygen atoms in total. The summed E-state index contributed by atoms with van der Waals surface area (Å²) in [6, 6.07) is 8.38. The molecule has 0 aliphatic carbocycles. The van der Waals surface area contributed by atoms with E-state index in [1.54, 1.807) is 11.8 Å². The highest BCUT2D eigenvalue weighted by Gasteiger charge is 2.21. The number of thioether (sulfide) groups is 2. The molecule has 0 radical (unpaired) electrons. The number of rotatable bonds is 5. The Morgan fingerprint density at radius 1 is 1.47 bits per heavy atom. The van der Waals surface area contributed by atoms with Crippen LogP contribution in [0.4, 0.5) is 0 Å². The fourth-order valence-corrected chi connectivity index (χ4v) is 3.61. The summed E-state index contributed by atoms with van der Waals surface area (Å²) in [6.45, 7) is 4.98. The predicted octanol–water partition coefficient (Wildman–Crippen LogP) is 2.47. The van der Waals surface area contributed by atoms with Crippen LogP contribution in [-0.4, -0.2) is 28.8 Å². The van der Waals surface area contributed by atoms with Crippen molar-refractivity contribution >= 4 is 29.4 Å². The number of nitrogens with one attached hydrogen (secondary N) is 2. The van der Waals surface area contributed by atoms with Crippen LogP contribution in [0.5, 0.6) is 0 Å². The molecular formula is C14H20N2OS2. The zero-order chi connectivity index (χ0) is 13.7. The average Bonchev–Trinajstić information content (AvgIpc) is 2.91. The van der Waals surface area contributed by atoms with E-state index in [4.69, 9.17) is 0 Å². The Morgan fingerprint density at radius 3 is 2.79 bits per heavy atom. The van der Waals surface area contributed by atoms with E-state index in [-0.39, 0.29) is 11.9 Å². The molecule has 5 heteroatoms. The minimum absolute atomic E-state index is 0.0271. The van der Waals surface area contributed by atoms with Crippen molar-refractivity contribution in [2.24, 2.45) is 0 Å². The Kier molecular flexibility index (Phi) is 5.60. The topological polar surface area (TPSA) is 41.1 Å². The minimum Gasteiger partial charge on any atom is -0.351 e. The quantitative estimate of drug-likeness (QED) is 0.819. The zero-order valence-corrected chi connectivity index (χ0v) is 12.9. The van der Waals surface area contributed by atoms with E-state index in [0.717, 1.165) is 17.2 Å². The van der Waals surface area contributed by atoms with Gasteiger partial charge in [-0.3, -0.25) is 10.1 Å². The summed E-state index contributed by atoms with van der Waals surface area (Å²) in [5.74, 6) is 1.85. The summed E-state index contributed by atoms with van der Waals surface area (Å²) in [5.41, 5.74) is 1.15. The van der Waals surface area contributed by atoms with Gasteiger partial charge in [-0.05, 0) is 17.7 Å². The van der Waals surface area contributed by atoms with Crippen molar-refractivity contribution in [3.63, 3.8) is 0 Å². The Hall–Kier alpha value is -0.650. The SMILES string of the molecule is CC(C)Sc1ccc(CNC(=O)C2CSCN2)cc1. The standard InChI is InChI=1S/C14H20N2OS2/c1-10(2)19-12-5-3-11(4-6-12)7-15-14(17)13-8-18-9-16-13/h3-6,10,13,16H,7-9H2,1-2H3,(H,15,17). The fourth-order valence-electron chi connectivity index (χ4n) is 1.83. The molecule has 1 fully saturated rings. The van der Waals surface area contributed by atoms with Gasteiger partial charge in [0.25, 0.3) is 0 Å². The van der Waals surface area contributed by atoms with E-state index in [0.29, 0.717) is 11.8 Å². The van der Waals surface area contributed by atoms with Gasteiger partial charge in [0.15, 0.2) is 0 Å². The first-order valence-electron chi connectivity index (χ1n) is 6.49. The molecule has 0 saturated carbocycles. The second kappa shape index (κ2) is 7.22. The molecule has 19 heavy (non-hydrogen) atoms. The number of hydrogen-bond donors (Lipinski definition) is 2. The maximum absolute atomic E-state index is 11.8. The lowest BCUT2D eigenvalue weighted by Gasteiger charge is -2.11. The normalized spacial score (nSPS) is 18.8. The van der Waals surface area contributed by atoms with Crippen LogP contribution in [-0.2, 0) is 11.3 Å². The zero-order valence-electron chi connectivity index (χ0n) is 11.3. The lowest BCUT2D eigenvalue weighted by molar-refractivity contribution is -0.122. The van der Waals surface area contributed by atoms with Crippen molar-refractivity contribution in [1.82, 2.24) is 10.6 Å². The summed E-state index contributed by atoms with van der Waals surface area (Å²) in [6.07, 6.45) is 0. The summed E-state index contributed by atoms with van der Waals surface area (Å²) < 4.78 is 0. The highest BCUT2D eigenvalue weighted by atomic mass is 32.2. The van der Waals surface area contributed by atoms with Crippen molar-refractivity contribution < 1.29 is 4.79 Å². The van der Waals surface area contributed by atoms with Crippen LogP contribution in [0.25, 0.3) is 0 Å². The van der Waals surface area contributed by atoms with E-state index in [1.807, 2.05) is 11.8 Å². The third kappa shape index (κ3) is 4.75. The molecule has 1 unspecified atom stereocenters. The van der Waals surface area contributed by atoms with Gasteiger partial charge in [-0.15, -0.1) is 23.5 Å². The van der Waals surface area contributed by atoms with Crippen LogP contribution in [0.1, 0.15) is 19.4 Å². The molecular weight excluding hydrogens is 276 g/mol. The van der Waals surface area contributed by atoms with Crippen LogP contribution in [0.3, 0.4) is 0 Å². The molecule has 1 saturated heterocycles. The van der Waals surface area contributed by atoms with Gasteiger partial charge in [-0.2, -0.15) is 0 Å². The summed E-state index contributed by atoms with van der Waals surface area (Å²) in [4.78, 5) is 13.1. The lowest BCUT2D eigenvalue weighted by atomic mass is 10.2. The van der Waals surface area contributed by atoms with E-state index in [9.17, 15) is 4.79 Å².